The molecule has 0 fully saturated rings. The van der Waals surface area contributed by atoms with Crippen LogP contribution in [0.2, 0.25) is 0 Å². The van der Waals surface area contributed by atoms with E-state index < -0.39 is 0 Å². The maximum Gasteiger partial charge on any atom is 0.0619 e. The van der Waals surface area contributed by atoms with Crippen LogP contribution in [0.5, 0.6) is 0 Å². The lowest BCUT2D eigenvalue weighted by Gasteiger charge is -2.14. The van der Waals surface area contributed by atoms with E-state index in [0.29, 0.717) is 0 Å². The molecule has 0 bridgehead atoms. The smallest absolute Gasteiger partial charge is 0.0619 e. The number of fused-ring (bicyclic) bond motifs is 7. The van der Waals surface area contributed by atoms with Crippen LogP contribution in [0.4, 0.5) is 0 Å². The van der Waals surface area contributed by atoms with Crippen molar-refractivity contribution in [2.24, 2.45) is 0 Å². The quantitative estimate of drug-likeness (QED) is 0.213. The van der Waals surface area contributed by atoms with Crippen LogP contribution in [0.3, 0.4) is 0 Å². The molecule has 0 N–H and O–H groups in total. The van der Waals surface area contributed by atoms with E-state index in [4.69, 9.17) is 0 Å². The maximum absolute atomic E-state index is 2.46. The summed E-state index contributed by atoms with van der Waals surface area (Å²) in [6, 6.07) is 57.2. The van der Waals surface area contributed by atoms with Gasteiger partial charge in [0.05, 0.1) is 22.1 Å². The molecule has 0 saturated carbocycles. The Morgan fingerprint density at radius 2 is 0.952 bits per heavy atom. The first kappa shape index (κ1) is 23.1. The standard InChI is InChI=1S/C40H26N2/c1-2-14-29(15-3-1)41-37-22-9-7-17-35(37)39-32(18-11-23-38(39)41)34-20-10-19-33-31-16-6-8-21-36(31)42(40(33)34)30-25-24-27-12-4-5-13-28(27)26-30/h1-26H. The second kappa shape index (κ2) is 8.95. The Balaban J connectivity index is 1.43. The van der Waals surface area contributed by atoms with Crippen LogP contribution in [0.15, 0.2) is 158 Å². The highest BCUT2D eigenvalue weighted by molar-refractivity contribution is 6.20. The molecule has 42 heavy (non-hydrogen) atoms. The number of hydrogen-bond donors (Lipinski definition) is 0. The zero-order chi connectivity index (χ0) is 27.6. The van der Waals surface area contributed by atoms with Gasteiger partial charge < -0.3 is 9.13 Å². The minimum atomic E-state index is 1.17. The molecule has 0 unspecified atom stereocenters. The van der Waals surface area contributed by atoms with Gasteiger partial charge in [0.15, 0.2) is 0 Å². The van der Waals surface area contributed by atoms with Crippen LogP contribution in [0.25, 0.3) is 76.9 Å². The molecule has 9 aromatic rings. The van der Waals surface area contributed by atoms with Crippen LogP contribution >= 0.6 is 0 Å². The first-order valence-corrected chi connectivity index (χ1v) is 14.5. The fourth-order valence-corrected chi connectivity index (χ4v) is 6.92. The van der Waals surface area contributed by atoms with Crippen LogP contribution in [-0.2, 0) is 0 Å². The molecule has 0 atom stereocenters. The van der Waals surface area contributed by atoms with E-state index in [1.54, 1.807) is 0 Å². The summed E-state index contributed by atoms with van der Waals surface area (Å²) in [5.41, 5.74) is 9.70. The molecule has 0 aliphatic heterocycles. The Morgan fingerprint density at radius 3 is 1.81 bits per heavy atom. The third-order valence-electron chi connectivity index (χ3n) is 8.69. The Hall–Kier alpha value is -5.60. The van der Waals surface area contributed by atoms with Gasteiger partial charge in [-0.2, -0.15) is 0 Å². The molecule has 0 amide bonds. The van der Waals surface area contributed by atoms with Crippen LogP contribution < -0.4 is 0 Å². The van der Waals surface area contributed by atoms with Crippen molar-refractivity contribution in [2.75, 3.05) is 0 Å². The second-order valence-electron chi connectivity index (χ2n) is 11.0. The zero-order valence-electron chi connectivity index (χ0n) is 22.9. The fraction of sp³-hybridized carbons (Fsp3) is 0. The van der Waals surface area contributed by atoms with Crippen molar-refractivity contribution in [3.63, 3.8) is 0 Å². The van der Waals surface area contributed by atoms with Gasteiger partial charge in [-0.1, -0.05) is 115 Å². The van der Waals surface area contributed by atoms with Gasteiger partial charge in [-0.25, -0.2) is 0 Å². The van der Waals surface area contributed by atoms with E-state index >= 15 is 0 Å². The van der Waals surface area contributed by atoms with Gasteiger partial charge >= 0.3 is 0 Å². The predicted molar refractivity (Wildman–Crippen MR) is 178 cm³/mol. The Labute approximate surface area is 243 Å². The van der Waals surface area contributed by atoms with Crippen molar-refractivity contribution in [1.82, 2.24) is 9.13 Å². The molecule has 7 aromatic carbocycles. The molecule has 196 valence electrons. The number of rotatable bonds is 3. The highest BCUT2D eigenvalue weighted by Gasteiger charge is 2.20. The lowest BCUT2D eigenvalue weighted by atomic mass is 9.97. The number of benzene rings is 7. The van der Waals surface area contributed by atoms with Crippen LogP contribution in [0, 0.1) is 0 Å². The molecule has 2 heterocycles. The van der Waals surface area contributed by atoms with Gasteiger partial charge in [0, 0.05) is 38.5 Å². The van der Waals surface area contributed by atoms with Crippen molar-refractivity contribution in [2.45, 2.75) is 0 Å². The van der Waals surface area contributed by atoms with E-state index in [2.05, 4.69) is 167 Å². The summed E-state index contributed by atoms with van der Waals surface area (Å²) in [5.74, 6) is 0. The first-order valence-electron chi connectivity index (χ1n) is 14.5. The highest BCUT2D eigenvalue weighted by Crippen LogP contribution is 2.43. The van der Waals surface area contributed by atoms with Crippen molar-refractivity contribution in [3.8, 4) is 22.5 Å². The minimum Gasteiger partial charge on any atom is -0.309 e. The molecule has 0 aliphatic rings. The third-order valence-corrected chi connectivity index (χ3v) is 8.69. The normalized spacial score (nSPS) is 11.8. The minimum absolute atomic E-state index is 1.17. The summed E-state index contributed by atoms with van der Waals surface area (Å²) in [6.45, 7) is 0. The number of aromatic nitrogens is 2. The van der Waals surface area contributed by atoms with Gasteiger partial charge in [-0.15, -0.1) is 0 Å². The molecule has 2 aromatic heterocycles. The molecule has 2 nitrogen and oxygen atoms in total. The van der Waals surface area contributed by atoms with E-state index in [0.717, 1.165) is 0 Å². The second-order valence-corrected chi connectivity index (χ2v) is 11.0. The summed E-state index contributed by atoms with van der Waals surface area (Å²) < 4.78 is 4.86. The molecule has 0 spiro atoms. The molecular weight excluding hydrogens is 508 g/mol. The fourth-order valence-electron chi connectivity index (χ4n) is 6.92. The van der Waals surface area contributed by atoms with Crippen molar-refractivity contribution >= 4 is 54.4 Å². The molecule has 0 radical (unpaired) electrons. The van der Waals surface area contributed by atoms with Gasteiger partial charge in [0.25, 0.3) is 0 Å². The lowest BCUT2D eigenvalue weighted by Crippen LogP contribution is -1.96. The number of hydrogen-bond acceptors (Lipinski definition) is 0. The van der Waals surface area contributed by atoms with Crippen molar-refractivity contribution < 1.29 is 0 Å². The zero-order valence-corrected chi connectivity index (χ0v) is 22.9. The highest BCUT2D eigenvalue weighted by atomic mass is 15.0. The molecular formula is C40H26N2. The van der Waals surface area contributed by atoms with Gasteiger partial charge in [-0.3, -0.25) is 0 Å². The lowest BCUT2D eigenvalue weighted by molar-refractivity contribution is 1.18. The van der Waals surface area contributed by atoms with Crippen LogP contribution in [0.1, 0.15) is 0 Å². The summed E-state index contributed by atoms with van der Waals surface area (Å²) in [7, 11) is 0. The number of nitrogens with zero attached hydrogens (tertiary/aromatic N) is 2. The van der Waals surface area contributed by atoms with Crippen molar-refractivity contribution in [3.05, 3.63) is 158 Å². The largest absolute Gasteiger partial charge is 0.309 e. The molecule has 9 rings (SSSR count). The Kier molecular flexibility index (Phi) is 4.93. The van der Waals surface area contributed by atoms with E-state index in [-0.39, 0.29) is 0 Å². The van der Waals surface area contributed by atoms with E-state index in [1.807, 2.05) is 0 Å². The predicted octanol–water partition coefficient (Wildman–Crippen LogP) is 10.7. The number of para-hydroxylation sites is 4. The summed E-state index contributed by atoms with van der Waals surface area (Å²) >= 11 is 0. The summed E-state index contributed by atoms with van der Waals surface area (Å²) in [6.07, 6.45) is 0. The first-order chi connectivity index (χ1) is 20.9. The van der Waals surface area contributed by atoms with Crippen LogP contribution in [-0.4, -0.2) is 9.13 Å². The average Bonchev–Trinajstić information content (AvgIpc) is 3.58. The van der Waals surface area contributed by atoms with Gasteiger partial charge in [-0.05, 0) is 58.8 Å². The molecule has 2 heteroatoms. The summed E-state index contributed by atoms with van der Waals surface area (Å²) in [4.78, 5) is 0. The maximum atomic E-state index is 2.46. The van der Waals surface area contributed by atoms with Crippen molar-refractivity contribution in [1.29, 1.82) is 0 Å². The van der Waals surface area contributed by atoms with Gasteiger partial charge in [0.2, 0.25) is 0 Å². The van der Waals surface area contributed by atoms with Gasteiger partial charge in [0.1, 0.15) is 0 Å². The SMILES string of the molecule is c1ccc(-n2c3ccccc3c3c(-c4cccc5c6ccccc6n(-c6ccc7ccccc7c6)c45)cccc32)cc1. The average molecular weight is 535 g/mol. The topological polar surface area (TPSA) is 9.86 Å². The monoisotopic (exact) mass is 534 g/mol. The van der Waals surface area contributed by atoms with E-state index in [1.165, 1.54) is 76.9 Å². The summed E-state index contributed by atoms with van der Waals surface area (Å²) in [5, 5.41) is 7.56. The van der Waals surface area contributed by atoms with E-state index in [9.17, 15) is 0 Å². The third kappa shape index (κ3) is 3.27. The Morgan fingerprint density at radius 1 is 0.333 bits per heavy atom. The molecule has 0 saturated heterocycles. The molecule has 0 aliphatic carbocycles. The Bertz CT molecular complexity index is 2460.